The summed E-state index contributed by atoms with van der Waals surface area (Å²) in [5.41, 5.74) is 0.640. The van der Waals surface area contributed by atoms with E-state index in [2.05, 4.69) is 15.3 Å². The molecule has 1 N–H and O–H groups in total. The minimum absolute atomic E-state index is 0.00454. The highest BCUT2D eigenvalue weighted by atomic mass is 19.1. The Kier molecular flexibility index (Phi) is 6.81. The number of likely N-dealkylation sites (N-methyl/N-ethyl adjacent to an activating group) is 1. The van der Waals surface area contributed by atoms with E-state index in [0.29, 0.717) is 23.9 Å². The third kappa shape index (κ3) is 5.03. The van der Waals surface area contributed by atoms with Crippen LogP contribution >= 0.6 is 0 Å². The van der Waals surface area contributed by atoms with E-state index in [4.69, 9.17) is 4.74 Å². The van der Waals surface area contributed by atoms with E-state index in [-0.39, 0.29) is 36.8 Å². The van der Waals surface area contributed by atoms with E-state index in [1.165, 1.54) is 17.0 Å². The molecule has 2 heterocycles. The fourth-order valence-electron chi connectivity index (χ4n) is 3.43. The number of para-hydroxylation sites is 1. The Balaban J connectivity index is 1.70. The van der Waals surface area contributed by atoms with Crippen LogP contribution in [0.3, 0.4) is 0 Å². The smallest absolute Gasteiger partial charge is 0.260 e. The van der Waals surface area contributed by atoms with E-state index >= 15 is 0 Å². The lowest BCUT2D eigenvalue weighted by molar-refractivity contribution is -0.132. The first-order valence-corrected chi connectivity index (χ1v) is 9.83. The fraction of sp³-hybridized carbons (Fsp3) is 0.429. The van der Waals surface area contributed by atoms with Crippen molar-refractivity contribution in [2.45, 2.75) is 32.4 Å². The van der Waals surface area contributed by atoms with Gasteiger partial charge in [0.1, 0.15) is 5.82 Å². The number of carbonyl (C=O) groups excluding carboxylic acids is 2. The Morgan fingerprint density at radius 2 is 2.10 bits per heavy atom. The summed E-state index contributed by atoms with van der Waals surface area (Å²) >= 11 is 0. The van der Waals surface area contributed by atoms with Crippen LogP contribution in [0.2, 0.25) is 0 Å². The first kappa shape index (κ1) is 21.5. The summed E-state index contributed by atoms with van der Waals surface area (Å²) in [5, 5.41) is 3.01. The van der Waals surface area contributed by atoms with Gasteiger partial charge in [-0.15, -0.1) is 0 Å². The molecular formula is C21H26FN5O3. The Morgan fingerprint density at radius 1 is 1.33 bits per heavy atom. The molecule has 0 radical (unpaired) electrons. The van der Waals surface area contributed by atoms with Crippen molar-refractivity contribution in [3.8, 4) is 5.75 Å². The number of ether oxygens (including phenoxy) is 1. The molecular weight excluding hydrogens is 389 g/mol. The molecule has 1 atom stereocenters. The van der Waals surface area contributed by atoms with Crippen LogP contribution in [-0.2, 0) is 16.1 Å². The van der Waals surface area contributed by atoms with Gasteiger partial charge in [0.2, 0.25) is 5.91 Å². The number of benzene rings is 1. The number of nitrogens with zero attached hydrogens (tertiary/aromatic N) is 4. The molecule has 1 aromatic heterocycles. The number of amides is 2. The van der Waals surface area contributed by atoms with Gasteiger partial charge in [0.25, 0.3) is 5.91 Å². The predicted octanol–water partition coefficient (Wildman–Crippen LogP) is 2.38. The number of anilines is 1. The molecule has 160 valence electrons. The Labute approximate surface area is 175 Å². The summed E-state index contributed by atoms with van der Waals surface area (Å²) in [6, 6.07) is 7.54. The maximum absolute atomic E-state index is 13.7. The van der Waals surface area contributed by atoms with Crippen molar-refractivity contribution < 1.29 is 18.7 Å². The van der Waals surface area contributed by atoms with Crippen molar-refractivity contribution in [2.24, 2.45) is 0 Å². The highest BCUT2D eigenvalue weighted by molar-refractivity contribution is 5.77. The molecule has 1 aliphatic heterocycles. The molecule has 0 bridgehead atoms. The van der Waals surface area contributed by atoms with E-state index in [1.807, 2.05) is 0 Å². The van der Waals surface area contributed by atoms with Crippen LogP contribution in [0, 0.1) is 5.82 Å². The number of likely N-dealkylation sites (tertiary alicyclic amines) is 1. The Morgan fingerprint density at radius 3 is 2.80 bits per heavy atom. The number of hydrogen-bond acceptors (Lipinski definition) is 6. The topological polar surface area (TPSA) is 87.7 Å². The van der Waals surface area contributed by atoms with Crippen LogP contribution in [0.5, 0.6) is 5.75 Å². The first-order valence-electron chi connectivity index (χ1n) is 9.83. The fourth-order valence-corrected chi connectivity index (χ4v) is 3.43. The zero-order chi connectivity index (χ0) is 21.7. The van der Waals surface area contributed by atoms with Crippen molar-refractivity contribution in [3.63, 3.8) is 0 Å². The molecule has 30 heavy (non-hydrogen) atoms. The third-order valence-corrected chi connectivity index (χ3v) is 5.02. The van der Waals surface area contributed by atoms with Gasteiger partial charge in [-0.25, -0.2) is 14.4 Å². The third-order valence-electron chi connectivity index (χ3n) is 5.02. The molecule has 3 rings (SSSR count). The number of halogens is 1. The molecule has 1 aromatic carbocycles. The standard InChI is InChI=1S/C21H26FN5O3/c1-14(28)27-10-6-8-17(27)21-24-15(11-19(23-2)25-21)12-26(3)20(29)13-30-18-9-5-4-7-16(18)22/h4-5,7,9,11,17H,6,8,10,12-13H2,1-3H3,(H,23,24,25). The Hall–Kier alpha value is -3.23. The van der Waals surface area contributed by atoms with Gasteiger partial charge in [0, 0.05) is 33.6 Å². The van der Waals surface area contributed by atoms with Crippen molar-refractivity contribution in [1.29, 1.82) is 0 Å². The second-order valence-electron chi connectivity index (χ2n) is 7.19. The van der Waals surface area contributed by atoms with Gasteiger partial charge in [-0.05, 0) is 25.0 Å². The monoisotopic (exact) mass is 415 g/mol. The van der Waals surface area contributed by atoms with Gasteiger partial charge in [-0.1, -0.05) is 12.1 Å². The summed E-state index contributed by atoms with van der Waals surface area (Å²) in [6.07, 6.45) is 1.70. The maximum Gasteiger partial charge on any atom is 0.260 e. The molecule has 2 aromatic rings. The summed E-state index contributed by atoms with van der Waals surface area (Å²) in [6.45, 7) is 2.18. The van der Waals surface area contributed by atoms with E-state index in [1.54, 1.807) is 44.1 Å². The van der Waals surface area contributed by atoms with Gasteiger partial charge in [0.15, 0.2) is 24.0 Å². The normalized spacial score (nSPS) is 15.7. The largest absolute Gasteiger partial charge is 0.481 e. The zero-order valence-electron chi connectivity index (χ0n) is 17.4. The van der Waals surface area contributed by atoms with E-state index in [9.17, 15) is 14.0 Å². The number of hydrogen-bond donors (Lipinski definition) is 1. The second-order valence-corrected chi connectivity index (χ2v) is 7.19. The van der Waals surface area contributed by atoms with Gasteiger partial charge >= 0.3 is 0 Å². The summed E-state index contributed by atoms with van der Waals surface area (Å²) in [4.78, 5) is 36.7. The minimum atomic E-state index is -0.515. The zero-order valence-corrected chi connectivity index (χ0v) is 17.4. The first-order chi connectivity index (χ1) is 14.4. The quantitative estimate of drug-likeness (QED) is 0.747. The molecule has 0 spiro atoms. The van der Waals surface area contributed by atoms with Crippen molar-refractivity contribution in [3.05, 3.63) is 47.7 Å². The lowest BCUT2D eigenvalue weighted by Crippen LogP contribution is -2.32. The van der Waals surface area contributed by atoms with Gasteiger partial charge in [-0.3, -0.25) is 9.59 Å². The van der Waals surface area contributed by atoms with Gasteiger partial charge in [-0.2, -0.15) is 0 Å². The molecule has 1 aliphatic rings. The van der Waals surface area contributed by atoms with Crippen molar-refractivity contribution in [1.82, 2.24) is 19.8 Å². The summed E-state index contributed by atoms with van der Waals surface area (Å²) < 4.78 is 18.9. The number of nitrogens with one attached hydrogen (secondary N) is 1. The van der Waals surface area contributed by atoms with E-state index in [0.717, 1.165) is 12.8 Å². The molecule has 8 nitrogen and oxygen atoms in total. The van der Waals surface area contributed by atoms with E-state index < -0.39 is 5.82 Å². The number of aromatic nitrogens is 2. The maximum atomic E-state index is 13.7. The summed E-state index contributed by atoms with van der Waals surface area (Å²) in [7, 11) is 3.38. The van der Waals surface area contributed by atoms with Crippen molar-refractivity contribution in [2.75, 3.05) is 32.6 Å². The molecule has 1 fully saturated rings. The average Bonchev–Trinajstić information content (AvgIpc) is 3.23. The highest BCUT2D eigenvalue weighted by Gasteiger charge is 2.30. The van der Waals surface area contributed by atoms with Gasteiger partial charge < -0.3 is 19.9 Å². The molecule has 0 saturated carbocycles. The molecule has 0 aliphatic carbocycles. The number of carbonyl (C=O) groups is 2. The SMILES string of the molecule is CNc1cc(CN(C)C(=O)COc2ccccc2F)nc(C2CCCN2C(C)=O)n1. The minimum Gasteiger partial charge on any atom is -0.481 e. The molecule has 2 amide bonds. The van der Waals surface area contributed by atoms with Crippen LogP contribution in [0.15, 0.2) is 30.3 Å². The van der Waals surface area contributed by atoms with Crippen molar-refractivity contribution >= 4 is 17.6 Å². The Bertz CT molecular complexity index is 923. The van der Waals surface area contributed by atoms with Crippen LogP contribution in [0.25, 0.3) is 0 Å². The molecule has 1 unspecified atom stereocenters. The van der Waals surface area contributed by atoms with Crippen LogP contribution < -0.4 is 10.1 Å². The average molecular weight is 415 g/mol. The second kappa shape index (κ2) is 9.51. The molecule has 9 heteroatoms. The lowest BCUT2D eigenvalue weighted by Gasteiger charge is -2.23. The predicted molar refractivity (Wildman–Crippen MR) is 109 cm³/mol. The van der Waals surface area contributed by atoms with Crippen LogP contribution in [0.4, 0.5) is 10.2 Å². The summed E-state index contributed by atoms with van der Waals surface area (Å²) in [5.74, 6) is 0.387. The number of rotatable bonds is 7. The lowest BCUT2D eigenvalue weighted by atomic mass is 10.2. The van der Waals surface area contributed by atoms with Crippen LogP contribution in [-0.4, -0.2) is 58.8 Å². The van der Waals surface area contributed by atoms with Gasteiger partial charge in [0.05, 0.1) is 18.3 Å². The molecule has 1 saturated heterocycles. The van der Waals surface area contributed by atoms with Crippen LogP contribution in [0.1, 0.15) is 37.3 Å². The highest BCUT2D eigenvalue weighted by Crippen LogP contribution is 2.30.